The summed E-state index contributed by atoms with van der Waals surface area (Å²) in [7, 11) is 0. The lowest BCUT2D eigenvalue weighted by Gasteiger charge is -2.21. The third kappa shape index (κ3) is 3.54. The lowest BCUT2D eigenvalue weighted by molar-refractivity contribution is -0.384. The van der Waals surface area contributed by atoms with Gasteiger partial charge in [-0.25, -0.2) is 4.98 Å². The lowest BCUT2D eigenvalue weighted by Crippen LogP contribution is -2.14. The monoisotopic (exact) mass is 353 g/mol. The summed E-state index contributed by atoms with van der Waals surface area (Å²) >= 11 is 1.20. The minimum atomic E-state index is -0.541. The quantitative estimate of drug-likeness (QED) is 0.469. The summed E-state index contributed by atoms with van der Waals surface area (Å²) in [5.74, 6) is 0.579. The molecular weight excluding hydrogens is 338 g/mol. The topological polar surface area (TPSA) is 96.9 Å². The van der Waals surface area contributed by atoms with Crippen LogP contribution in [0.3, 0.4) is 0 Å². The first-order valence-corrected chi connectivity index (χ1v) is 8.68. The van der Waals surface area contributed by atoms with Gasteiger partial charge < -0.3 is 0 Å². The Bertz CT molecular complexity index is 905. The van der Waals surface area contributed by atoms with E-state index in [9.17, 15) is 20.2 Å². The van der Waals surface area contributed by atoms with Crippen molar-refractivity contribution in [2.75, 3.05) is 0 Å². The first kappa shape index (κ1) is 17.1. The zero-order valence-corrected chi connectivity index (χ0v) is 14.4. The van der Waals surface area contributed by atoms with Crippen LogP contribution in [-0.2, 0) is 12.8 Å². The Morgan fingerprint density at radius 2 is 2.24 bits per heavy atom. The van der Waals surface area contributed by atoms with E-state index in [1.54, 1.807) is 0 Å². The van der Waals surface area contributed by atoms with Gasteiger partial charge in [-0.05, 0) is 42.9 Å². The lowest BCUT2D eigenvalue weighted by atomic mass is 9.87. The highest BCUT2D eigenvalue weighted by atomic mass is 32.2. The third-order valence-electron chi connectivity index (χ3n) is 4.26. The number of benzene rings is 1. The maximum absolute atomic E-state index is 11.3. The number of pyridine rings is 1. The van der Waals surface area contributed by atoms with E-state index < -0.39 is 4.92 Å². The molecule has 1 atom stereocenters. The summed E-state index contributed by atoms with van der Waals surface area (Å²) in [6.45, 7) is 2.19. The number of nitro benzene ring substituents is 1. The number of carbonyl (C=O) groups is 1. The zero-order chi connectivity index (χ0) is 18.0. The molecule has 1 aliphatic carbocycles. The Balaban J connectivity index is 1.99. The van der Waals surface area contributed by atoms with Crippen LogP contribution in [0.2, 0.25) is 0 Å². The van der Waals surface area contributed by atoms with Crippen molar-refractivity contribution in [3.63, 3.8) is 0 Å². The number of nitrogens with zero attached hydrogens (tertiary/aromatic N) is 3. The van der Waals surface area contributed by atoms with Crippen LogP contribution in [0.1, 0.15) is 40.5 Å². The molecule has 25 heavy (non-hydrogen) atoms. The Hall–Kier alpha value is -2.72. The van der Waals surface area contributed by atoms with Gasteiger partial charge in [-0.3, -0.25) is 14.9 Å². The molecule has 1 aliphatic rings. The van der Waals surface area contributed by atoms with Crippen molar-refractivity contribution in [2.24, 2.45) is 5.92 Å². The molecule has 2 aromatic rings. The number of hydrogen-bond acceptors (Lipinski definition) is 6. The van der Waals surface area contributed by atoms with E-state index in [4.69, 9.17) is 0 Å². The number of hydrogen-bond donors (Lipinski definition) is 0. The number of non-ortho nitro benzene ring substituents is 1. The minimum absolute atomic E-state index is 0.139. The SMILES string of the molecule is CC1CCc2nc(Sc3ccc([N+](=O)[O-])cc3C=O)c(C#N)cc2C1. The predicted octanol–water partition coefficient (Wildman–Crippen LogP) is 3.95. The van der Waals surface area contributed by atoms with Gasteiger partial charge in [-0.2, -0.15) is 5.26 Å². The molecule has 0 radical (unpaired) electrons. The first-order valence-electron chi connectivity index (χ1n) is 7.86. The van der Waals surface area contributed by atoms with E-state index in [0.717, 1.165) is 30.5 Å². The fraction of sp³-hybridized carbons (Fsp3) is 0.278. The van der Waals surface area contributed by atoms with Gasteiger partial charge in [0.25, 0.3) is 5.69 Å². The molecule has 6 nitrogen and oxygen atoms in total. The van der Waals surface area contributed by atoms with E-state index >= 15 is 0 Å². The predicted molar refractivity (Wildman–Crippen MR) is 92.7 cm³/mol. The normalized spacial score (nSPS) is 15.9. The molecule has 1 aromatic carbocycles. The van der Waals surface area contributed by atoms with Crippen LogP contribution in [-0.4, -0.2) is 16.2 Å². The number of nitriles is 1. The summed E-state index contributed by atoms with van der Waals surface area (Å²) < 4.78 is 0. The van der Waals surface area contributed by atoms with Crippen LogP contribution in [0.5, 0.6) is 0 Å². The van der Waals surface area contributed by atoms with Crippen molar-refractivity contribution in [2.45, 2.75) is 36.1 Å². The average Bonchev–Trinajstić information content (AvgIpc) is 2.61. The average molecular weight is 353 g/mol. The van der Waals surface area contributed by atoms with Gasteiger partial charge in [0.05, 0.1) is 10.5 Å². The number of aryl methyl sites for hydroxylation is 1. The second-order valence-electron chi connectivity index (χ2n) is 6.11. The number of fused-ring (bicyclic) bond motifs is 1. The highest BCUT2D eigenvalue weighted by molar-refractivity contribution is 7.99. The van der Waals surface area contributed by atoms with Gasteiger partial charge >= 0.3 is 0 Å². The minimum Gasteiger partial charge on any atom is -0.298 e. The van der Waals surface area contributed by atoms with Crippen molar-refractivity contribution in [1.82, 2.24) is 4.98 Å². The molecular formula is C18H15N3O3S. The van der Waals surface area contributed by atoms with Gasteiger partial charge in [-0.1, -0.05) is 18.7 Å². The number of aldehydes is 1. The summed E-state index contributed by atoms with van der Waals surface area (Å²) in [6, 6.07) is 8.16. The summed E-state index contributed by atoms with van der Waals surface area (Å²) in [6.07, 6.45) is 3.43. The number of carbonyl (C=O) groups excluding carboxylic acids is 1. The van der Waals surface area contributed by atoms with Crippen LogP contribution in [0.15, 0.2) is 34.2 Å². The number of aromatic nitrogens is 1. The van der Waals surface area contributed by atoms with E-state index in [1.165, 1.54) is 30.0 Å². The summed E-state index contributed by atoms with van der Waals surface area (Å²) in [5, 5.41) is 20.8. The van der Waals surface area contributed by atoms with Crippen LogP contribution in [0.4, 0.5) is 5.69 Å². The molecule has 0 amide bonds. The van der Waals surface area contributed by atoms with Crippen molar-refractivity contribution in [1.29, 1.82) is 5.26 Å². The van der Waals surface area contributed by atoms with Crippen LogP contribution in [0, 0.1) is 27.4 Å². The molecule has 7 heteroatoms. The zero-order valence-electron chi connectivity index (χ0n) is 13.6. The molecule has 0 aliphatic heterocycles. The van der Waals surface area contributed by atoms with Gasteiger partial charge in [0.2, 0.25) is 0 Å². The summed E-state index contributed by atoms with van der Waals surface area (Å²) in [5.41, 5.74) is 2.65. The fourth-order valence-corrected chi connectivity index (χ4v) is 3.86. The number of rotatable bonds is 4. The Morgan fingerprint density at radius 3 is 2.92 bits per heavy atom. The summed E-state index contributed by atoms with van der Waals surface area (Å²) in [4.78, 5) is 26.8. The molecule has 3 rings (SSSR count). The van der Waals surface area contributed by atoms with Gasteiger partial charge in [-0.15, -0.1) is 0 Å². The molecule has 1 aromatic heterocycles. The molecule has 0 saturated heterocycles. The maximum atomic E-state index is 11.3. The van der Waals surface area contributed by atoms with E-state index in [0.29, 0.717) is 27.7 Å². The number of nitro groups is 1. The van der Waals surface area contributed by atoms with Crippen LogP contribution in [0.25, 0.3) is 0 Å². The highest BCUT2D eigenvalue weighted by Gasteiger charge is 2.20. The Labute approximate surface area is 149 Å². The molecule has 0 N–H and O–H groups in total. The second kappa shape index (κ2) is 7.03. The van der Waals surface area contributed by atoms with Crippen LogP contribution < -0.4 is 0 Å². The van der Waals surface area contributed by atoms with Crippen LogP contribution >= 0.6 is 11.8 Å². The standard InChI is InChI=1S/C18H15N3O3S/c1-11-2-4-16-12(6-11)7-13(9-19)18(20-16)25-17-5-3-15(21(23)24)8-14(17)10-22/h3,5,7-8,10-11H,2,4,6H2,1H3. The van der Waals surface area contributed by atoms with Crippen molar-refractivity contribution < 1.29 is 9.72 Å². The van der Waals surface area contributed by atoms with E-state index in [1.807, 2.05) is 6.07 Å². The fourth-order valence-electron chi connectivity index (χ4n) is 2.92. The van der Waals surface area contributed by atoms with Gasteiger partial charge in [0, 0.05) is 28.3 Å². The largest absolute Gasteiger partial charge is 0.298 e. The first-order chi connectivity index (χ1) is 12.0. The molecule has 0 saturated carbocycles. The maximum Gasteiger partial charge on any atom is 0.270 e. The van der Waals surface area contributed by atoms with Gasteiger partial charge in [0.15, 0.2) is 6.29 Å². The molecule has 0 bridgehead atoms. The second-order valence-corrected chi connectivity index (χ2v) is 7.14. The van der Waals surface area contributed by atoms with E-state index in [-0.39, 0.29) is 11.3 Å². The van der Waals surface area contributed by atoms with Crippen molar-refractivity contribution in [3.05, 3.63) is 56.8 Å². The molecule has 0 fully saturated rings. The molecule has 1 heterocycles. The smallest absolute Gasteiger partial charge is 0.270 e. The van der Waals surface area contributed by atoms with Gasteiger partial charge in [0.1, 0.15) is 11.1 Å². The highest BCUT2D eigenvalue weighted by Crippen LogP contribution is 2.35. The third-order valence-corrected chi connectivity index (χ3v) is 5.35. The van der Waals surface area contributed by atoms with Crippen molar-refractivity contribution in [3.8, 4) is 6.07 Å². The molecule has 1 unspecified atom stereocenters. The van der Waals surface area contributed by atoms with E-state index in [2.05, 4.69) is 18.0 Å². The molecule has 126 valence electrons. The molecule has 0 spiro atoms. The Morgan fingerprint density at radius 1 is 1.44 bits per heavy atom. The Kier molecular flexibility index (Phi) is 4.81. The van der Waals surface area contributed by atoms with Crippen molar-refractivity contribution >= 4 is 23.7 Å².